The summed E-state index contributed by atoms with van der Waals surface area (Å²) in [6.45, 7) is 8.97. The topological polar surface area (TPSA) is 21.8 Å². The molecule has 2 unspecified atom stereocenters. The Morgan fingerprint density at radius 2 is 1.76 bits per heavy atom. The number of nitrogens with one attached hydrogen (secondary N) is 1. The molecule has 3 rings (SSSR count). The van der Waals surface area contributed by atoms with Gasteiger partial charge >= 0.3 is 0 Å². The Hall–Kier alpha value is -0.160. The first-order valence-electron chi connectivity index (χ1n) is 9.07. The van der Waals surface area contributed by atoms with Crippen LogP contribution in [0.15, 0.2) is 0 Å². The third kappa shape index (κ3) is 3.98. The van der Waals surface area contributed by atoms with Gasteiger partial charge in [-0.3, -0.25) is 4.90 Å². The Morgan fingerprint density at radius 1 is 1.05 bits per heavy atom. The normalized spacial score (nSPS) is 33.9. The number of nitrogens with zero attached hydrogens (tertiary/aromatic N) is 3. The molecule has 4 heteroatoms. The van der Waals surface area contributed by atoms with Crippen LogP contribution in [0.5, 0.6) is 0 Å². The second-order valence-electron chi connectivity index (χ2n) is 7.53. The maximum atomic E-state index is 3.65. The highest BCUT2D eigenvalue weighted by Crippen LogP contribution is 2.25. The maximum absolute atomic E-state index is 3.65. The largest absolute Gasteiger partial charge is 0.315 e. The van der Waals surface area contributed by atoms with Gasteiger partial charge in [0.1, 0.15) is 0 Å². The quantitative estimate of drug-likeness (QED) is 0.838. The molecule has 1 N–H and O–H groups in total. The van der Waals surface area contributed by atoms with Crippen molar-refractivity contribution in [2.75, 3.05) is 59.9 Å². The summed E-state index contributed by atoms with van der Waals surface area (Å²) < 4.78 is 0. The van der Waals surface area contributed by atoms with E-state index in [0.29, 0.717) is 0 Å². The van der Waals surface area contributed by atoms with Gasteiger partial charge in [-0.1, -0.05) is 0 Å². The molecule has 3 heterocycles. The number of hydrogen-bond acceptors (Lipinski definition) is 4. The van der Waals surface area contributed by atoms with Crippen LogP contribution in [0.25, 0.3) is 0 Å². The summed E-state index contributed by atoms with van der Waals surface area (Å²) in [7, 11) is 4.65. The zero-order valence-electron chi connectivity index (χ0n) is 14.1. The van der Waals surface area contributed by atoms with Crippen molar-refractivity contribution in [3.63, 3.8) is 0 Å². The molecule has 0 aromatic rings. The monoisotopic (exact) mass is 294 g/mol. The zero-order chi connectivity index (χ0) is 14.7. The van der Waals surface area contributed by atoms with Crippen molar-refractivity contribution in [3.8, 4) is 0 Å². The van der Waals surface area contributed by atoms with Crippen molar-refractivity contribution in [1.29, 1.82) is 0 Å². The van der Waals surface area contributed by atoms with Crippen molar-refractivity contribution in [3.05, 3.63) is 0 Å². The molecule has 0 bridgehead atoms. The van der Waals surface area contributed by atoms with Crippen molar-refractivity contribution < 1.29 is 0 Å². The van der Waals surface area contributed by atoms with Crippen molar-refractivity contribution in [2.24, 2.45) is 5.92 Å². The molecule has 21 heavy (non-hydrogen) atoms. The van der Waals surface area contributed by atoms with Crippen LogP contribution in [0.3, 0.4) is 0 Å². The van der Waals surface area contributed by atoms with Crippen LogP contribution in [0, 0.1) is 5.92 Å². The Kier molecular flexibility index (Phi) is 5.54. The van der Waals surface area contributed by atoms with Gasteiger partial charge in [-0.2, -0.15) is 0 Å². The first-order chi connectivity index (χ1) is 10.2. The lowest BCUT2D eigenvalue weighted by Crippen LogP contribution is -2.56. The lowest BCUT2D eigenvalue weighted by Gasteiger charge is -2.45. The number of hydrogen-bond donors (Lipinski definition) is 1. The molecule has 0 aromatic carbocycles. The van der Waals surface area contributed by atoms with E-state index in [0.717, 1.165) is 18.0 Å². The first-order valence-corrected chi connectivity index (χ1v) is 9.07. The lowest BCUT2D eigenvalue weighted by molar-refractivity contribution is 0.0524. The molecule has 2 atom stereocenters. The molecular weight excluding hydrogens is 260 g/mol. The van der Waals surface area contributed by atoms with E-state index in [1.165, 1.54) is 77.9 Å². The molecule has 0 amide bonds. The van der Waals surface area contributed by atoms with Gasteiger partial charge in [0.15, 0.2) is 0 Å². The van der Waals surface area contributed by atoms with Gasteiger partial charge in [0.25, 0.3) is 0 Å². The van der Waals surface area contributed by atoms with Gasteiger partial charge in [0.2, 0.25) is 0 Å². The Morgan fingerprint density at radius 3 is 2.48 bits per heavy atom. The van der Waals surface area contributed by atoms with E-state index in [4.69, 9.17) is 0 Å². The molecule has 122 valence electrons. The smallest absolute Gasteiger partial charge is 0.0261 e. The predicted molar refractivity (Wildman–Crippen MR) is 88.7 cm³/mol. The Labute approximate surface area is 130 Å². The van der Waals surface area contributed by atoms with E-state index in [9.17, 15) is 0 Å². The Balaban J connectivity index is 1.57. The molecule has 0 spiro atoms. The van der Waals surface area contributed by atoms with Gasteiger partial charge in [-0.25, -0.2) is 0 Å². The maximum Gasteiger partial charge on any atom is 0.0261 e. The van der Waals surface area contributed by atoms with Crippen molar-refractivity contribution >= 4 is 0 Å². The molecule has 0 saturated carbocycles. The minimum atomic E-state index is 0.743. The summed E-state index contributed by atoms with van der Waals surface area (Å²) in [6, 6.07) is 1.54. The average Bonchev–Trinajstić information content (AvgIpc) is 3.01. The van der Waals surface area contributed by atoms with E-state index >= 15 is 0 Å². The molecule has 4 nitrogen and oxygen atoms in total. The van der Waals surface area contributed by atoms with E-state index in [1.54, 1.807) is 0 Å². The molecule has 3 saturated heterocycles. The third-order valence-corrected chi connectivity index (χ3v) is 6.07. The number of rotatable bonds is 4. The summed E-state index contributed by atoms with van der Waals surface area (Å²) in [5, 5.41) is 3.65. The standard InChI is InChI=1S/C17H34N4/c1-19-11-6-16(7-12-19)20(2)17-13-18-8-5-15(17)14-21-9-3-4-10-21/h15-18H,3-14H2,1-2H3. The number of piperidine rings is 2. The number of likely N-dealkylation sites (N-methyl/N-ethyl adjacent to an activating group) is 1. The molecular formula is C17H34N4. The second kappa shape index (κ2) is 7.40. The van der Waals surface area contributed by atoms with Crippen LogP contribution in [0.4, 0.5) is 0 Å². The van der Waals surface area contributed by atoms with Crippen LogP contribution >= 0.6 is 0 Å². The second-order valence-corrected chi connectivity index (χ2v) is 7.53. The van der Waals surface area contributed by atoms with Crippen LogP contribution in [-0.4, -0.2) is 86.7 Å². The van der Waals surface area contributed by atoms with E-state index in [1.807, 2.05) is 0 Å². The van der Waals surface area contributed by atoms with Gasteiger partial charge < -0.3 is 15.1 Å². The number of likely N-dealkylation sites (tertiary alicyclic amines) is 2. The van der Waals surface area contributed by atoms with Crippen LogP contribution in [-0.2, 0) is 0 Å². The Bertz CT molecular complexity index is 308. The van der Waals surface area contributed by atoms with E-state index in [-0.39, 0.29) is 0 Å². The zero-order valence-corrected chi connectivity index (χ0v) is 14.1. The summed E-state index contributed by atoms with van der Waals surface area (Å²) in [5.74, 6) is 0.869. The highest BCUT2D eigenvalue weighted by molar-refractivity contribution is 4.91. The molecule has 3 fully saturated rings. The third-order valence-electron chi connectivity index (χ3n) is 6.07. The fourth-order valence-electron chi connectivity index (χ4n) is 4.56. The lowest BCUT2D eigenvalue weighted by atomic mass is 9.89. The SMILES string of the molecule is CN1CCC(N(C)C2CNCCC2CN2CCCC2)CC1. The van der Waals surface area contributed by atoms with Gasteiger partial charge in [-0.15, -0.1) is 0 Å². The molecule has 3 aliphatic rings. The van der Waals surface area contributed by atoms with Gasteiger partial charge in [0, 0.05) is 25.2 Å². The van der Waals surface area contributed by atoms with Crippen LogP contribution < -0.4 is 5.32 Å². The highest BCUT2D eigenvalue weighted by Gasteiger charge is 2.34. The minimum Gasteiger partial charge on any atom is -0.315 e. The summed E-state index contributed by atoms with van der Waals surface area (Å²) in [5.41, 5.74) is 0. The van der Waals surface area contributed by atoms with E-state index in [2.05, 4.69) is 34.1 Å². The van der Waals surface area contributed by atoms with Crippen molar-refractivity contribution in [1.82, 2.24) is 20.0 Å². The van der Waals surface area contributed by atoms with Crippen LogP contribution in [0.1, 0.15) is 32.1 Å². The molecule has 0 aliphatic carbocycles. The van der Waals surface area contributed by atoms with Crippen molar-refractivity contribution in [2.45, 2.75) is 44.2 Å². The van der Waals surface area contributed by atoms with Crippen LogP contribution in [0.2, 0.25) is 0 Å². The van der Waals surface area contributed by atoms with Gasteiger partial charge in [-0.05, 0) is 84.8 Å². The minimum absolute atomic E-state index is 0.743. The highest BCUT2D eigenvalue weighted by atomic mass is 15.2. The summed E-state index contributed by atoms with van der Waals surface area (Å²) >= 11 is 0. The molecule has 0 radical (unpaired) electrons. The predicted octanol–water partition coefficient (Wildman–Crippen LogP) is 1.09. The summed E-state index contributed by atoms with van der Waals surface area (Å²) in [4.78, 5) is 7.93. The fraction of sp³-hybridized carbons (Fsp3) is 1.00. The fourth-order valence-corrected chi connectivity index (χ4v) is 4.56. The molecule has 0 aromatic heterocycles. The first kappa shape index (κ1) is 15.7. The van der Waals surface area contributed by atoms with Gasteiger partial charge in [0.05, 0.1) is 0 Å². The van der Waals surface area contributed by atoms with E-state index < -0.39 is 0 Å². The summed E-state index contributed by atoms with van der Waals surface area (Å²) in [6.07, 6.45) is 6.89. The average molecular weight is 294 g/mol. The molecule has 3 aliphatic heterocycles.